The largest absolute Gasteiger partial charge is 0.368 e. The quantitative estimate of drug-likeness (QED) is 0.113. The molecule has 3 aromatic rings. The van der Waals surface area contributed by atoms with Crippen molar-refractivity contribution >= 4 is 99.3 Å². The van der Waals surface area contributed by atoms with Crippen molar-refractivity contribution in [2.45, 2.75) is 30.2 Å². The molecular formula is C43H55N15O13S. The highest BCUT2D eigenvalue weighted by Gasteiger charge is 2.31. The molecule has 13 amide bonds. The van der Waals surface area contributed by atoms with Crippen LogP contribution in [0.5, 0.6) is 0 Å². The van der Waals surface area contributed by atoms with Crippen molar-refractivity contribution < 1.29 is 62.3 Å². The van der Waals surface area contributed by atoms with E-state index in [1.54, 1.807) is 29.8 Å². The minimum atomic E-state index is -1.40. The lowest BCUT2D eigenvalue weighted by atomic mass is 9.98. The Kier molecular flexibility index (Phi) is 22.4. The lowest BCUT2D eigenvalue weighted by Gasteiger charge is -2.25. The summed E-state index contributed by atoms with van der Waals surface area (Å²) >= 11 is 0.912. The summed E-state index contributed by atoms with van der Waals surface area (Å²) in [5.74, 6) is -11.0. The van der Waals surface area contributed by atoms with Gasteiger partial charge in [-0.3, -0.25) is 62.3 Å². The highest BCUT2D eigenvalue weighted by atomic mass is 32.2. The molecule has 29 heteroatoms. The topological polar surface area (TPSA) is 410 Å². The van der Waals surface area contributed by atoms with Gasteiger partial charge in [-0.2, -0.15) is 0 Å². The van der Waals surface area contributed by atoms with Crippen molar-refractivity contribution in [3.8, 4) is 0 Å². The van der Waals surface area contributed by atoms with Gasteiger partial charge >= 0.3 is 0 Å². The van der Waals surface area contributed by atoms with Crippen LogP contribution in [0.1, 0.15) is 11.3 Å². The van der Waals surface area contributed by atoms with Gasteiger partial charge in [0.25, 0.3) is 0 Å². The van der Waals surface area contributed by atoms with E-state index in [4.69, 9.17) is 5.73 Å². The van der Waals surface area contributed by atoms with Crippen molar-refractivity contribution in [2.75, 3.05) is 71.2 Å². The Morgan fingerprint density at radius 1 is 0.542 bits per heavy atom. The maximum atomic E-state index is 13.5. The first-order valence-corrected chi connectivity index (χ1v) is 23.0. The molecule has 0 spiro atoms. The molecule has 72 heavy (non-hydrogen) atoms. The predicted molar refractivity (Wildman–Crippen MR) is 254 cm³/mol. The number of rotatable bonds is 5. The zero-order chi connectivity index (χ0) is 52.6. The van der Waals surface area contributed by atoms with Gasteiger partial charge < -0.3 is 74.1 Å². The molecule has 1 aliphatic heterocycles. The smallest absolute Gasteiger partial charge is 0.243 e. The number of aromatic nitrogens is 2. The van der Waals surface area contributed by atoms with Crippen LogP contribution in [-0.2, 0) is 82.2 Å². The monoisotopic (exact) mass is 1020 g/mol. The maximum absolute atomic E-state index is 13.5. The first-order valence-electron chi connectivity index (χ1n) is 22.0. The number of nitrogens with two attached hydrogens (primary N) is 1. The molecule has 1 aliphatic rings. The van der Waals surface area contributed by atoms with Crippen molar-refractivity contribution in [1.82, 2.24) is 73.4 Å². The van der Waals surface area contributed by atoms with Crippen molar-refractivity contribution in [3.05, 3.63) is 66.2 Å². The van der Waals surface area contributed by atoms with Gasteiger partial charge in [0.2, 0.25) is 76.8 Å². The molecule has 4 rings (SSSR count). The Morgan fingerprint density at radius 3 is 1.42 bits per heavy atom. The van der Waals surface area contributed by atoms with Crippen LogP contribution in [0, 0.1) is 0 Å². The summed E-state index contributed by atoms with van der Waals surface area (Å²) < 4.78 is 1.64. The molecule has 0 aliphatic carbocycles. The van der Waals surface area contributed by atoms with Gasteiger partial charge in [-0.15, -0.1) is 11.8 Å². The van der Waals surface area contributed by atoms with Crippen LogP contribution >= 0.6 is 11.8 Å². The molecule has 0 radical (unpaired) electrons. The number of nitrogens with one attached hydrogen (secondary N) is 12. The van der Waals surface area contributed by atoms with E-state index in [0.717, 1.165) is 22.5 Å². The van der Waals surface area contributed by atoms with Crippen molar-refractivity contribution in [2.24, 2.45) is 12.8 Å². The lowest BCUT2D eigenvalue weighted by molar-refractivity contribution is -0.131. The summed E-state index contributed by atoms with van der Waals surface area (Å²) in [5.41, 5.74) is 6.94. The molecule has 0 saturated carbocycles. The van der Waals surface area contributed by atoms with Crippen LogP contribution < -0.4 is 69.5 Å². The summed E-state index contributed by atoms with van der Waals surface area (Å²) in [5, 5.41) is 28.5. The standard InChI is InChI=1S/C43H55N15O13S/c1-58-23-45-11-26(58)10-29-41(42(44)70)57-39(68)21-53-35(64)17-50-33(62)15-48-31(60)13-46-30(59)12-47-32(61)14-49-34(63)16-51-37(66)19-55-43(71)28(9-25-7-4-6-24-5-2-3-8-27(24)25)56-38(67)20-52-36(65)18-54-40(69)22-72-29/h2-8,11,23,28-29,41H,9-10,12-22H2,1H3,(H2,44,70)(H,46,59)(H,47,61)(H,48,60)(H,49,63)(H,50,62)(H,51,66)(H,52,65)(H,53,64)(H,54,69)(H,55,71)(H,56,67)(H,57,68). The second-order valence-electron chi connectivity index (χ2n) is 15.7. The van der Waals surface area contributed by atoms with Gasteiger partial charge in [0.05, 0.1) is 77.5 Å². The molecule has 14 N–H and O–H groups in total. The Bertz CT molecular complexity index is 2530. The fourth-order valence-electron chi connectivity index (χ4n) is 6.41. The maximum Gasteiger partial charge on any atom is 0.243 e. The number of fused-ring (bicyclic) bond motifs is 1. The molecule has 386 valence electrons. The van der Waals surface area contributed by atoms with Crippen molar-refractivity contribution in [3.63, 3.8) is 0 Å². The molecule has 1 saturated heterocycles. The number of thioether (sulfide) groups is 1. The van der Waals surface area contributed by atoms with Gasteiger partial charge in [-0.25, -0.2) is 4.98 Å². The number of aryl methyl sites for hydroxylation is 1. The molecule has 0 bridgehead atoms. The second-order valence-corrected chi connectivity index (χ2v) is 16.9. The summed E-state index contributed by atoms with van der Waals surface area (Å²) in [6.45, 7) is -6.19. The van der Waals surface area contributed by atoms with Crippen LogP contribution in [-0.4, -0.2) is 175 Å². The van der Waals surface area contributed by atoms with Gasteiger partial charge in [-0.1, -0.05) is 42.5 Å². The number of carbonyl (C=O) groups excluding carboxylic acids is 13. The van der Waals surface area contributed by atoms with E-state index in [1.165, 1.54) is 12.5 Å². The average Bonchev–Trinajstić information content (AvgIpc) is 3.77. The molecule has 3 unspecified atom stereocenters. The third-order valence-corrected chi connectivity index (χ3v) is 11.4. The van der Waals surface area contributed by atoms with E-state index < -0.39 is 160 Å². The normalized spacial score (nSPS) is 20.5. The molecule has 1 aromatic heterocycles. The Morgan fingerprint density at radius 2 is 0.958 bits per heavy atom. The van der Waals surface area contributed by atoms with Crippen LogP contribution in [0.4, 0.5) is 0 Å². The number of imidazole rings is 1. The van der Waals surface area contributed by atoms with Crippen LogP contribution in [0.25, 0.3) is 10.8 Å². The summed E-state index contributed by atoms with van der Waals surface area (Å²) in [7, 11) is 1.67. The molecular weight excluding hydrogens is 967 g/mol. The van der Waals surface area contributed by atoms with E-state index in [9.17, 15) is 62.3 Å². The predicted octanol–water partition coefficient (Wildman–Crippen LogP) is -7.91. The Balaban J connectivity index is 1.44. The van der Waals surface area contributed by atoms with Gasteiger partial charge in [0.15, 0.2) is 0 Å². The molecule has 2 aromatic carbocycles. The highest BCUT2D eigenvalue weighted by molar-refractivity contribution is 8.00. The lowest BCUT2D eigenvalue weighted by Crippen LogP contribution is -2.54. The van der Waals surface area contributed by atoms with E-state index >= 15 is 0 Å². The summed E-state index contributed by atoms with van der Waals surface area (Å²) in [6.07, 6.45) is 2.99. The summed E-state index contributed by atoms with van der Waals surface area (Å²) in [6, 6.07) is 9.97. The fourth-order valence-corrected chi connectivity index (χ4v) is 7.56. The number of amides is 13. The van der Waals surface area contributed by atoms with Crippen molar-refractivity contribution in [1.29, 1.82) is 0 Å². The number of benzene rings is 2. The average molecular weight is 1020 g/mol. The first-order chi connectivity index (χ1) is 34.4. The van der Waals surface area contributed by atoms with E-state index in [2.05, 4.69) is 68.8 Å². The molecule has 1 fully saturated rings. The minimum Gasteiger partial charge on any atom is -0.368 e. The molecule has 3 atom stereocenters. The van der Waals surface area contributed by atoms with E-state index in [1.807, 2.05) is 24.3 Å². The van der Waals surface area contributed by atoms with Crippen LogP contribution in [0.2, 0.25) is 0 Å². The number of hydrogen-bond acceptors (Lipinski definition) is 15. The van der Waals surface area contributed by atoms with Gasteiger partial charge in [0, 0.05) is 37.0 Å². The van der Waals surface area contributed by atoms with Crippen LogP contribution in [0.15, 0.2) is 55.0 Å². The molecule has 28 nitrogen and oxygen atoms in total. The SMILES string of the molecule is Cn1cncc1CC1SCC(=O)NCC(=O)NCC(=O)NC(Cc2cccc3ccccc23)C(=O)NCC(=O)NCC(=O)NCC(=O)NCC(=O)NCC(=O)NCC(=O)NCC(=O)NCC(=O)NC1C(N)=O. The second kappa shape index (κ2) is 28.8. The highest BCUT2D eigenvalue weighted by Crippen LogP contribution is 2.21. The zero-order valence-electron chi connectivity index (χ0n) is 38.8. The van der Waals surface area contributed by atoms with Crippen LogP contribution in [0.3, 0.4) is 0 Å². The van der Waals surface area contributed by atoms with Gasteiger partial charge in [0.1, 0.15) is 12.1 Å². The summed E-state index contributed by atoms with van der Waals surface area (Å²) in [4.78, 5) is 168. The number of carbonyl (C=O) groups is 13. The van der Waals surface area contributed by atoms with E-state index in [-0.39, 0.29) is 18.6 Å². The molecule has 2 heterocycles. The third-order valence-electron chi connectivity index (χ3n) is 10.1. The van der Waals surface area contributed by atoms with E-state index in [0.29, 0.717) is 11.3 Å². The Hall–Kier alpha value is -8.63. The first kappa shape index (κ1) is 56.0. The number of nitrogens with zero attached hydrogens (tertiary/aromatic N) is 2. The minimum absolute atomic E-state index is 0.0536. The fraction of sp³-hybridized carbons (Fsp3) is 0.395. The number of hydrogen-bond donors (Lipinski definition) is 13. The Labute approximate surface area is 414 Å². The van der Waals surface area contributed by atoms with Gasteiger partial charge in [-0.05, 0) is 16.3 Å². The third kappa shape index (κ3) is 20.1. The zero-order valence-corrected chi connectivity index (χ0v) is 39.6. The number of primary amides is 1.